The number of alkyl halides is 9. The second-order valence-electron chi connectivity index (χ2n) is 25.6. The van der Waals surface area contributed by atoms with Crippen LogP contribution < -0.4 is 42.2 Å². The molecule has 5 saturated carbocycles. The summed E-state index contributed by atoms with van der Waals surface area (Å²) in [5.74, 6) is 0.885. The first-order valence-corrected chi connectivity index (χ1v) is 33.2. The molecule has 0 saturated heterocycles. The Bertz CT molecular complexity index is 3280. The number of aromatic amines is 2. The Morgan fingerprint density at radius 3 is 1.33 bits per heavy atom. The maximum atomic E-state index is 13.0. The minimum Gasteiger partial charge on any atom is -0.427 e. The van der Waals surface area contributed by atoms with Crippen LogP contribution in [0.15, 0.2) is 97.3 Å². The van der Waals surface area contributed by atoms with Gasteiger partial charge in [0, 0.05) is 90.9 Å². The summed E-state index contributed by atoms with van der Waals surface area (Å²) in [5, 5.41) is 27.1. The highest BCUT2D eigenvalue weighted by atomic mass is 35.5. The van der Waals surface area contributed by atoms with Gasteiger partial charge < -0.3 is 42.2 Å². The van der Waals surface area contributed by atoms with Crippen molar-refractivity contribution in [2.24, 2.45) is 47.0 Å². The van der Waals surface area contributed by atoms with E-state index in [1.165, 1.54) is 0 Å². The Morgan fingerprint density at radius 1 is 0.500 bits per heavy atom. The molecule has 526 valence electrons. The fraction of sp³-hybridized carbons (Fsp3) is 0.567. The lowest BCUT2D eigenvalue weighted by Crippen LogP contribution is -2.35. The van der Waals surface area contributed by atoms with Crippen LogP contribution in [0.4, 0.5) is 79.5 Å². The number of hydrogen-bond acceptors (Lipinski definition) is 17. The minimum absolute atomic E-state index is 0.0351. The van der Waals surface area contributed by atoms with E-state index in [0.717, 1.165) is 87.2 Å². The van der Waals surface area contributed by atoms with Crippen molar-refractivity contribution >= 4 is 64.0 Å². The molecule has 4 heterocycles. The Morgan fingerprint density at radius 2 is 0.917 bits per heavy atom. The van der Waals surface area contributed by atoms with Gasteiger partial charge in [-0.15, -0.1) is 0 Å². The molecule has 6 atom stereocenters. The maximum absolute atomic E-state index is 13.0. The molecule has 29 heteroatoms. The average molecular weight is 1380 g/mol. The van der Waals surface area contributed by atoms with E-state index in [4.69, 9.17) is 27.8 Å². The molecule has 10 N–H and O–H groups in total. The van der Waals surface area contributed by atoms with Gasteiger partial charge in [-0.3, -0.25) is 19.8 Å². The molecule has 4 aromatic heterocycles. The summed E-state index contributed by atoms with van der Waals surface area (Å²) < 4.78 is 123. The molecule has 5 aliphatic carbocycles. The number of nitrogens with two attached hydrogens (primary N) is 2. The fourth-order valence-electron chi connectivity index (χ4n) is 12.6. The van der Waals surface area contributed by atoms with E-state index in [9.17, 15) is 53.9 Å². The van der Waals surface area contributed by atoms with Crippen LogP contribution in [-0.4, -0.2) is 100 Å². The van der Waals surface area contributed by atoms with Crippen LogP contribution in [0.2, 0.25) is 0 Å². The molecule has 6 aromatic rings. The van der Waals surface area contributed by atoms with Crippen molar-refractivity contribution in [3.63, 3.8) is 0 Å². The molecule has 0 unspecified atom stereocenters. The molecular weight excluding hydrogens is 1290 g/mol. The third kappa shape index (κ3) is 27.9. The van der Waals surface area contributed by atoms with Crippen molar-refractivity contribution in [2.45, 2.75) is 204 Å². The normalized spacial score (nSPS) is 23.6. The van der Waals surface area contributed by atoms with Crippen LogP contribution in [0.5, 0.6) is 11.5 Å². The highest BCUT2D eigenvalue weighted by Crippen LogP contribution is 2.43. The van der Waals surface area contributed by atoms with Gasteiger partial charge in [0.05, 0.1) is 17.8 Å². The van der Waals surface area contributed by atoms with Gasteiger partial charge in [0.2, 0.25) is 11.9 Å². The number of H-pyrrole nitrogens is 2. The second kappa shape index (κ2) is 37.2. The van der Waals surface area contributed by atoms with Gasteiger partial charge >= 0.3 is 29.9 Å². The number of halogens is 10. The Labute approximate surface area is 558 Å². The van der Waals surface area contributed by atoms with E-state index in [0.29, 0.717) is 91.6 Å². The SMILES string of the molecule is Cc1cc(Nc2ccnc(NC3CCC(CC(=O)C[C@@H]4CCC[C@H](C(F)(F)F)C4)CC3)n2)n[nH]1.Cc1cc(Nc2ccnc(NC3CCC(N)CC3)n2)n[nH]1.N[C@@H]1CCC[C@H](C(F)(F)F)C1.O=C(C[C@@H]1CCC[C@H](C(F)(F)F)C1)Oc1ccccc1.O=C(Cl)Oc1ccccc1. The molecule has 5 fully saturated rings. The molecule has 11 rings (SSSR count). The molecule has 0 aliphatic heterocycles. The largest absolute Gasteiger partial charge is 0.427 e. The number of ether oxygens (including phenoxy) is 2. The van der Waals surface area contributed by atoms with Gasteiger partial charge in [0.25, 0.3) is 0 Å². The number of Topliss-reactive ketones (excluding diaryl/α,β-unsaturated/α-hetero) is 1. The molecule has 2 aromatic carbocycles. The van der Waals surface area contributed by atoms with Crippen LogP contribution in [0.25, 0.3) is 0 Å². The zero-order valence-electron chi connectivity index (χ0n) is 53.9. The van der Waals surface area contributed by atoms with Crippen molar-refractivity contribution in [1.82, 2.24) is 40.3 Å². The molecule has 0 amide bonds. The number of aryl methyl sites for hydroxylation is 2. The number of rotatable bonds is 16. The van der Waals surface area contributed by atoms with E-state index >= 15 is 0 Å². The standard InChI is InChI=1S/C24H33F3N6O.C15H17F3O2.C14H21N7.C7H5ClO2.C7H12F3N/c1-15-11-22(33-32-15)30-21-9-10-28-23(31-21)29-19-7-5-16(6-8-19)13-20(34)14-17-3-2-4-18(12-17)24(25,26)27;16-15(17,18)12-6-4-5-11(9-12)10-14(19)20-13-7-2-1-3-8-13;1-9-8-13(21-20-9)18-12-6-7-16-14(19-12)17-11-4-2-10(15)3-5-11;8-7(9)10-6-4-2-1-3-5-6;8-7(9,10)5-2-1-3-6(11)4-5/h9-11,16-19H,2-8,12-14H2,1H3,(H3,28,29,30,31,32,33);1-3,7-8,11-12H,4-6,9-10H2;6-8,10-11H,2-5,15H2,1H3,(H3,16,17,18,19,20,21);1-5H;5-6H,1-4,11H2/t16?,17-,18+,19?;11-,12+;;;5-,6+/m11..0/s1. The number of aromatic nitrogens is 8. The van der Waals surface area contributed by atoms with Crippen LogP contribution in [0.1, 0.15) is 159 Å². The Balaban J connectivity index is 0.000000182. The zero-order valence-corrected chi connectivity index (χ0v) is 54.7. The first-order valence-electron chi connectivity index (χ1n) is 32.9. The Hall–Kier alpha value is -7.59. The number of anilines is 6. The quantitative estimate of drug-likeness (QED) is 0.0193. The molecule has 5 aliphatic rings. The molecule has 0 bridgehead atoms. The number of ketones is 1. The molecular formula is C67H88ClF9N14O5. The number of carbonyl (C=O) groups excluding carboxylic acids is 3. The van der Waals surface area contributed by atoms with Crippen LogP contribution in [0, 0.1) is 49.4 Å². The zero-order chi connectivity index (χ0) is 69.3. The first kappa shape index (κ1) is 75.8. The van der Waals surface area contributed by atoms with E-state index in [1.807, 2.05) is 38.1 Å². The predicted molar refractivity (Wildman–Crippen MR) is 349 cm³/mol. The van der Waals surface area contributed by atoms with Gasteiger partial charge in [-0.05, 0) is 177 Å². The second-order valence-corrected chi connectivity index (χ2v) is 25.9. The van der Waals surface area contributed by atoms with Gasteiger partial charge in [-0.25, -0.2) is 14.8 Å². The summed E-state index contributed by atoms with van der Waals surface area (Å²) in [6.07, 6.45) is 4.63. The molecule has 0 spiro atoms. The third-order valence-corrected chi connectivity index (χ3v) is 17.7. The third-order valence-electron chi connectivity index (χ3n) is 17.6. The number of esters is 1. The summed E-state index contributed by atoms with van der Waals surface area (Å²) >= 11 is 4.95. The van der Waals surface area contributed by atoms with Crippen LogP contribution in [-0.2, 0) is 9.59 Å². The average Bonchev–Trinajstić information content (AvgIpc) is 1.65. The van der Waals surface area contributed by atoms with E-state index in [2.05, 4.69) is 66.3 Å². The number of nitrogens with zero attached hydrogens (tertiary/aromatic N) is 6. The predicted octanol–water partition coefficient (Wildman–Crippen LogP) is 16.7. The van der Waals surface area contributed by atoms with Crippen LogP contribution >= 0.6 is 11.6 Å². The lowest BCUT2D eigenvalue weighted by molar-refractivity contribution is -0.186. The Kier molecular flexibility index (Phi) is 29.4. The molecule has 19 nitrogen and oxygen atoms in total. The van der Waals surface area contributed by atoms with Crippen molar-refractivity contribution < 1.29 is 63.4 Å². The fourth-order valence-corrected chi connectivity index (χ4v) is 12.7. The van der Waals surface area contributed by atoms with Crippen molar-refractivity contribution in [2.75, 3.05) is 21.3 Å². The molecule has 96 heavy (non-hydrogen) atoms. The number of para-hydroxylation sites is 2. The van der Waals surface area contributed by atoms with Gasteiger partial charge in [-0.2, -0.15) is 59.7 Å². The molecule has 0 radical (unpaired) electrons. The smallest absolute Gasteiger partial charge is 0.409 e. The number of carbonyl (C=O) groups is 3. The lowest BCUT2D eigenvalue weighted by atomic mass is 9.77. The van der Waals surface area contributed by atoms with Gasteiger partial charge in [0.1, 0.15) is 28.9 Å². The van der Waals surface area contributed by atoms with E-state index < -0.39 is 47.7 Å². The summed E-state index contributed by atoms with van der Waals surface area (Å²) in [4.78, 5) is 52.0. The monoisotopic (exact) mass is 1370 g/mol. The number of benzene rings is 2. The maximum Gasteiger partial charge on any atom is 0.409 e. The van der Waals surface area contributed by atoms with Gasteiger partial charge in [-0.1, -0.05) is 55.7 Å². The first-order chi connectivity index (χ1) is 45.7. The van der Waals surface area contributed by atoms with Crippen LogP contribution in [0.3, 0.4) is 0 Å². The van der Waals surface area contributed by atoms with Crippen molar-refractivity contribution in [3.05, 3.63) is 109 Å². The summed E-state index contributed by atoms with van der Waals surface area (Å²) in [5.41, 5.74) is 12.5. The lowest BCUT2D eigenvalue weighted by Gasteiger charge is -2.31. The number of nitrogens with one attached hydrogen (secondary N) is 6. The topological polar surface area (TPSA) is 279 Å². The number of hydrogen-bond donors (Lipinski definition) is 8. The summed E-state index contributed by atoms with van der Waals surface area (Å²) in [6.45, 7) is 3.88. The highest BCUT2D eigenvalue weighted by Gasteiger charge is 2.44. The van der Waals surface area contributed by atoms with Crippen molar-refractivity contribution in [3.8, 4) is 11.5 Å². The van der Waals surface area contributed by atoms with Gasteiger partial charge in [0.15, 0.2) is 11.6 Å². The van der Waals surface area contributed by atoms with E-state index in [-0.39, 0.29) is 74.6 Å². The summed E-state index contributed by atoms with van der Waals surface area (Å²) in [7, 11) is 0. The summed E-state index contributed by atoms with van der Waals surface area (Å²) in [6, 6.07) is 25.4. The highest BCUT2D eigenvalue weighted by molar-refractivity contribution is 6.61. The minimum atomic E-state index is -4.15. The van der Waals surface area contributed by atoms with E-state index in [1.54, 1.807) is 73.1 Å². The van der Waals surface area contributed by atoms with Crippen molar-refractivity contribution in [1.29, 1.82) is 0 Å².